The van der Waals surface area contributed by atoms with Crippen LogP contribution in [0.2, 0.25) is 0 Å². The van der Waals surface area contributed by atoms with E-state index in [-0.39, 0.29) is 13.2 Å². The van der Waals surface area contributed by atoms with Crippen LogP contribution in [0.3, 0.4) is 0 Å². The summed E-state index contributed by atoms with van der Waals surface area (Å²) in [5, 5.41) is 19.4. The van der Waals surface area contributed by atoms with Crippen LogP contribution < -0.4 is 0 Å². The van der Waals surface area contributed by atoms with Crippen molar-refractivity contribution in [3.63, 3.8) is 0 Å². The lowest BCUT2D eigenvalue weighted by molar-refractivity contribution is 0.109. The Hall–Kier alpha value is -0.510. The predicted octanol–water partition coefficient (Wildman–Crippen LogP) is 2.75. The van der Waals surface area contributed by atoms with Crippen molar-refractivity contribution in [1.29, 1.82) is 0 Å². The molecule has 1 rings (SSSR count). The lowest BCUT2D eigenvalue weighted by Crippen LogP contribution is -2.35. The van der Waals surface area contributed by atoms with Crippen LogP contribution in [0.1, 0.15) is 30.9 Å². The highest BCUT2D eigenvalue weighted by Crippen LogP contribution is 2.30. The number of hydrogen-bond donors (Lipinski definition) is 2. The summed E-state index contributed by atoms with van der Waals surface area (Å²) in [6, 6.07) is 8.10. The van der Waals surface area contributed by atoms with E-state index in [9.17, 15) is 10.2 Å². The van der Waals surface area contributed by atoms with Crippen molar-refractivity contribution in [2.45, 2.75) is 32.1 Å². The Morgan fingerprint density at radius 1 is 1.22 bits per heavy atom. The second kappa shape index (κ2) is 7.82. The number of rotatable bonds is 8. The molecule has 0 amide bonds. The Labute approximate surface area is 114 Å². The van der Waals surface area contributed by atoms with Gasteiger partial charge in [0.15, 0.2) is 0 Å². The largest absolute Gasteiger partial charge is 0.395 e. The molecule has 0 bridgehead atoms. The fraction of sp³-hybridized carbons (Fsp3) is 0.600. The van der Waals surface area contributed by atoms with Gasteiger partial charge in [-0.15, -0.1) is 0 Å². The van der Waals surface area contributed by atoms with E-state index < -0.39 is 5.41 Å². The third-order valence-corrected chi connectivity index (χ3v) is 4.37. The lowest BCUT2D eigenvalue weighted by Gasteiger charge is -2.30. The van der Waals surface area contributed by atoms with Gasteiger partial charge in [-0.25, -0.2) is 0 Å². The van der Waals surface area contributed by atoms with Gasteiger partial charge in [0.25, 0.3) is 0 Å². The van der Waals surface area contributed by atoms with E-state index in [0.29, 0.717) is 0 Å². The normalized spacial score (nSPS) is 11.8. The molecule has 0 fully saturated rings. The van der Waals surface area contributed by atoms with E-state index in [1.165, 1.54) is 5.56 Å². The Bertz CT molecular complexity index is 348. The lowest BCUT2D eigenvalue weighted by atomic mass is 9.78. The highest BCUT2D eigenvalue weighted by Gasteiger charge is 2.30. The van der Waals surface area contributed by atoms with Gasteiger partial charge in [-0.3, -0.25) is 0 Å². The molecule has 0 saturated heterocycles. The van der Waals surface area contributed by atoms with Gasteiger partial charge in [0, 0.05) is 5.41 Å². The van der Waals surface area contributed by atoms with Crippen molar-refractivity contribution in [3.05, 3.63) is 35.4 Å². The van der Waals surface area contributed by atoms with Crippen LogP contribution in [0.5, 0.6) is 0 Å². The summed E-state index contributed by atoms with van der Waals surface area (Å²) in [7, 11) is 0. The fourth-order valence-electron chi connectivity index (χ4n) is 2.17. The van der Waals surface area contributed by atoms with Crippen LogP contribution in [0.4, 0.5) is 0 Å². The van der Waals surface area contributed by atoms with E-state index in [1.807, 2.05) is 36.9 Å². The van der Waals surface area contributed by atoms with Gasteiger partial charge in [0.2, 0.25) is 0 Å². The van der Waals surface area contributed by atoms with Crippen molar-refractivity contribution in [2.75, 3.05) is 24.7 Å². The zero-order chi connectivity index (χ0) is 13.4. The van der Waals surface area contributed by atoms with Crippen LogP contribution in [0.25, 0.3) is 0 Å². The number of thioether (sulfide) groups is 1. The summed E-state index contributed by atoms with van der Waals surface area (Å²) in [6.45, 7) is 4.19. The van der Waals surface area contributed by atoms with Crippen molar-refractivity contribution < 1.29 is 10.2 Å². The molecule has 102 valence electrons. The van der Waals surface area contributed by atoms with Gasteiger partial charge in [0.05, 0.1) is 13.2 Å². The van der Waals surface area contributed by atoms with Crippen molar-refractivity contribution in [2.24, 2.45) is 0 Å². The van der Waals surface area contributed by atoms with Gasteiger partial charge >= 0.3 is 0 Å². The number of hydrogen-bond acceptors (Lipinski definition) is 3. The van der Waals surface area contributed by atoms with E-state index in [0.717, 1.165) is 29.9 Å². The van der Waals surface area contributed by atoms with Crippen LogP contribution in [-0.2, 0) is 5.41 Å². The predicted molar refractivity (Wildman–Crippen MR) is 79.3 cm³/mol. The molecule has 0 aliphatic heterocycles. The first-order valence-electron chi connectivity index (χ1n) is 6.55. The van der Waals surface area contributed by atoms with Crippen molar-refractivity contribution >= 4 is 11.8 Å². The molecule has 0 radical (unpaired) electrons. The summed E-state index contributed by atoms with van der Waals surface area (Å²) in [4.78, 5) is 0. The first kappa shape index (κ1) is 15.5. The Morgan fingerprint density at radius 3 is 2.50 bits per heavy atom. The molecule has 0 aliphatic rings. The molecule has 1 aromatic carbocycles. The molecule has 0 saturated carbocycles. The molecule has 2 nitrogen and oxygen atoms in total. The maximum absolute atomic E-state index is 9.71. The van der Waals surface area contributed by atoms with Crippen LogP contribution in [0, 0.1) is 6.92 Å². The van der Waals surface area contributed by atoms with E-state index in [2.05, 4.69) is 13.0 Å². The first-order chi connectivity index (χ1) is 8.68. The average molecular weight is 268 g/mol. The molecular weight excluding hydrogens is 244 g/mol. The molecule has 0 spiro atoms. The standard InChI is InChI=1S/C15H24O2S/c1-3-18-9-5-8-15(11-16,12-17)14-7-4-6-13(2)10-14/h4,6-7,10,16-17H,3,5,8-9,11-12H2,1-2H3. The number of aryl methyl sites for hydroxylation is 1. The maximum Gasteiger partial charge on any atom is 0.0550 e. The van der Waals surface area contributed by atoms with Crippen LogP contribution >= 0.6 is 11.8 Å². The smallest absolute Gasteiger partial charge is 0.0550 e. The molecule has 0 aliphatic carbocycles. The highest BCUT2D eigenvalue weighted by molar-refractivity contribution is 7.99. The van der Waals surface area contributed by atoms with Crippen molar-refractivity contribution in [3.8, 4) is 0 Å². The van der Waals surface area contributed by atoms with E-state index >= 15 is 0 Å². The second-order valence-corrected chi connectivity index (χ2v) is 6.16. The van der Waals surface area contributed by atoms with E-state index in [1.54, 1.807) is 0 Å². The SMILES string of the molecule is CCSCCCC(CO)(CO)c1cccc(C)c1. The van der Waals surface area contributed by atoms with Crippen LogP contribution in [-0.4, -0.2) is 34.9 Å². The molecule has 0 unspecified atom stereocenters. The first-order valence-corrected chi connectivity index (χ1v) is 7.70. The number of aliphatic hydroxyl groups is 2. The highest BCUT2D eigenvalue weighted by atomic mass is 32.2. The third kappa shape index (κ3) is 4.01. The maximum atomic E-state index is 9.71. The second-order valence-electron chi connectivity index (χ2n) is 4.77. The molecule has 0 atom stereocenters. The minimum atomic E-state index is -0.486. The van der Waals surface area contributed by atoms with Gasteiger partial charge in [-0.1, -0.05) is 36.8 Å². The number of aliphatic hydroxyl groups excluding tert-OH is 2. The fourth-order valence-corrected chi connectivity index (χ4v) is 2.80. The van der Waals surface area contributed by atoms with Crippen molar-refractivity contribution in [1.82, 2.24) is 0 Å². The third-order valence-electron chi connectivity index (χ3n) is 3.38. The molecule has 3 heteroatoms. The zero-order valence-electron chi connectivity index (χ0n) is 11.4. The molecule has 18 heavy (non-hydrogen) atoms. The molecule has 1 aromatic rings. The summed E-state index contributed by atoms with van der Waals surface area (Å²) in [5.74, 6) is 2.21. The Balaban J connectivity index is 2.79. The average Bonchev–Trinajstić information content (AvgIpc) is 2.40. The molecule has 0 aromatic heterocycles. The molecular formula is C15H24O2S. The quantitative estimate of drug-likeness (QED) is 0.712. The minimum Gasteiger partial charge on any atom is -0.395 e. The van der Waals surface area contributed by atoms with Gasteiger partial charge < -0.3 is 10.2 Å². The van der Waals surface area contributed by atoms with Gasteiger partial charge in [-0.05, 0) is 36.8 Å². The summed E-state index contributed by atoms with van der Waals surface area (Å²) in [5.41, 5.74) is 1.73. The summed E-state index contributed by atoms with van der Waals surface area (Å²) >= 11 is 1.90. The Kier molecular flexibility index (Phi) is 6.76. The zero-order valence-corrected chi connectivity index (χ0v) is 12.2. The topological polar surface area (TPSA) is 40.5 Å². The van der Waals surface area contributed by atoms with Crippen LogP contribution in [0.15, 0.2) is 24.3 Å². The molecule has 2 N–H and O–H groups in total. The Morgan fingerprint density at radius 2 is 1.94 bits per heavy atom. The summed E-state index contributed by atoms with van der Waals surface area (Å²) < 4.78 is 0. The van der Waals surface area contributed by atoms with Gasteiger partial charge in [0.1, 0.15) is 0 Å². The summed E-state index contributed by atoms with van der Waals surface area (Å²) in [6.07, 6.45) is 1.85. The number of benzene rings is 1. The van der Waals surface area contributed by atoms with Gasteiger partial charge in [-0.2, -0.15) is 11.8 Å². The minimum absolute atomic E-state index is 0.00372. The van der Waals surface area contributed by atoms with E-state index in [4.69, 9.17) is 0 Å². The monoisotopic (exact) mass is 268 g/mol. The molecule has 0 heterocycles.